The largest absolute Gasteiger partial charge is 0.481 e. The van der Waals surface area contributed by atoms with E-state index in [0.29, 0.717) is 0 Å². The number of hydrogen-bond donors (Lipinski definition) is 1. The minimum Gasteiger partial charge on any atom is -0.481 e. The van der Waals surface area contributed by atoms with Gasteiger partial charge in [-0.15, -0.1) is 11.3 Å². The van der Waals surface area contributed by atoms with Crippen LogP contribution in [0.1, 0.15) is 25.1 Å². The Morgan fingerprint density at radius 1 is 1.38 bits per heavy atom. The van der Waals surface area contributed by atoms with Gasteiger partial charge in [-0.2, -0.15) is 0 Å². The highest BCUT2D eigenvalue weighted by Crippen LogP contribution is 2.36. The second kappa shape index (κ2) is 3.91. The summed E-state index contributed by atoms with van der Waals surface area (Å²) in [6.07, 6.45) is 0.166. The molecule has 2 nitrogen and oxygen atoms in total. The SMILES string of the molecule is CC(C)(CC(=O)O)c1cc2ccccc2s1. The zero-order valence-electron chi connectivity index (χ0n) is 9.36. The van der Waals surface area contributed by atoms with Gasteiger partial charge in [-0.05, 0) is 17.5 Å². The van der Waals surface area contributed by atoms with Gasteiger partial charge in [0.1, 0.15) is 0 Å². The molecule has 0 aliphatic rings. The summed E-state index contributed by atoms with van der Waals surface area (Å²) >= 11 is 1.68. The molecule has 16 heavy (non-hydrogen) atoms. The van der Waals surface area contributed by atoms with Crippen molar-refractivity contribution in [2.24, 2.45) is 0 Å². The molecule has 0 saturated heterocycles. The van der Waals surface area contributed by atoms with Crippen LogP contribution in [0, 0.1) is 0 Å². The van der Waals surface area contributed by atoms with Gasteiger partial charge in [0.2, 0.25) is 0 Å². The van der Waals surface area contributed by atoms with Gasteiger partial charge >= 0.3 is 5.97 Å². The highest BCUT2D eigenvalue weighted by molar-refractivity contribution is 7.19. The Hall–Kier alpha value is -1.35. The lowest BCUT2D eigenvalue weighted by Crippen LogP contribution is -2.20. The molecule has 3 heteroatoms. The van der Waals surface area contributed by atoms with Crippen LogP contribution in [0.5, 0.6) is 0 Å². The second-order valence-corrected chi connectivity index (χ2v) is 5.69. The number of carboxylic acids is 1. The third-order valence-electron chi connectivity index (χ3n) is 2.69. The Morgan fingerprint density at radius 2 is 2.06 bits per heavy atom. The first-order valence-corrected chi connectivity index (χ1v) is 6.01. The molecule has 0 aliphatic heterocycles. The summed E-state index contributed by atoms with van der Waals surface area (Å²) < 4.78 is 1.22. The minimum atomic E-state index is -0.748. The van der Waals surface area contributed by atoms with E-state index in [9.17, 15) is 4.79 Å². The first kappa shape index (κ1) is 11.1. The average Bonchev–Trinajstić information content (AvgIpc) is 2.59. The van der Waals surface area contributed by atoms with Crippen LogP contribution in [-0.2, 0) is 10.2 Å². The Morgan fingerprint density at radius 3 is 2.69 bits per heavy atom. The summed E-state index contributed by atoms with van der Waals surface area (Å²) in [6.45, 7) is 3.96. The van der Waals surface area contributed by atoms with Crippen LogP contribution in [0.2, 0.25) is 0 Å². The summed E-state index contributed by atoms with van der Waals surface area (Å²) in [5.41, 5.74) is -0.296. The van der Waals surface area contributed by atoms with Gasteiger partial charge in [-0.3, -0.25) is 4.79 Å². The third kappa shape index (κ3) is 2.09. The van der Waals surface area contributed by atoms with Crippen molar-refractivity contribution >= 4 is 27.4 Å². The molecule has 1 heterocycles. The highest BCUT2D eigenvalue weighted by Gasteiger charge is 2.25. The van der Waals surface area contributed by atoms with Gasteiger partial charge in [0, 0.05) is 15.0 Å². The molecule has 84 valence electrons. The molecule has 0 fully saturated rings. The number of thiophene rings is 1. The number of carbonyl (C=O) groups is 1. The lowest BCUT2D eigenvalue weighted by Gasteiger charge is -2.20. The van der Waals surface area contributed by atoms with Crippen LogP contribution >= 0.6 is 11.3 Å². The van der Waals surface area contributed by atoms with Gasteiger partial charge in [0.15, 0.2) is 0 Å². The van der Waals surface area contributed by atoms with Crippen molar-refractivity contribution in [1.29, 1.82) is 0 Å². The van der Waals surface area contributed by atoms with Crippen LogP contribution < -0.4 is 0 Å². The smallest absolute Gasteiger partial charge is 0.304 e. The Bertz CT molecular complexity index is 492. The molecular weight excluding hydrogens is 220 g/mol. The van der Waals surface area contributed by atoms with E-state index < -0.39 is 5.97 Å². The summed E-state index contributed by atoms with van der Waals surface area (Å²) in [4.78, 5) is 11.9. The fraction of sp³-hybridized carbons (Fsp3) is 0.308. The second-order valence-electron chi connectivity index (χ2n) is 4.60. The quantitative estimate of drug-likeness (QED) is 0.880. The van der Waals surface area contributed by atoms with Crippen molar-refractivity contribution < 1.29 is 9.90 Å². The maximum Gasteiger partial charge on any atom is 0.304 e. The van der Waals surface area contributed by atoms with Crippen LogP contribution in [0.3, 0.4) is 0 Å². The number of carboxylic acid groups (broad SMARTS) is 1. The van der Waals surface area contributed by atoms with E-state index in [1.807, 2.05) is 26.0 Å². The molecule has 1 N–H and O–H groups in total. The minimum absolute atomic E-state index is 0.166. The molecule has 0 radical (unpaired) electrons. The molecule has 0 aliphatic carbocycles. The molecule has 2 rings (SSSR count). The third-order valence-corrected chi connectivity index (χ3v) is 4.17. The van der Waals surface area contributed by atoms with Gasteiger partial charge in [0.05, 0.1) is 6.42 Å². The molecule has 1 aromatic heterocycles. The van der Waals surface area contributed by atoms with E-state index in [-0.39, 0.29) is 11.8 Å². The van der Waals surface area contributed by atoms with Gasteiger partial charge in [-0.25, -0.2) is 0 Å². The number of benzene rings is 1. The van der Waals surface area contributed by atoms with Crippen molar-refractivity contribution in [3.05, 3.63) is 35.2 Å². The number of hydrogen-bond acceptors (Lipinski definition) is 2. The van der Waals surface area contributed by atoms with Crippen LogP contribution in [0.4, 0.5) is 0 Å². The van der Waals surface area contributed by atoms with E-state index >= 15 is 0 Å². The van der Waals surface area contributed by atoms with E-state index in [2.05, 4.69) is 18.2 Å². The molecular formula is C13H14O2S. The van der Waals surface area contributed by atoms with E-state index in [0.717, 1.165) is 4.88 Å². The maximum atomic E-state index is 10.8. The monoisotopic (exact) mass is 234 g/mol. The number of fused-ring (bicyclic) bond motifs is 1. The summed E-state index contributed by atoms with van der Waals surface area (Å²) in [5.74, 6) is -0.748. The topological polar surface area (TPSA) is 37.3 Å². The molecule has 0 spiro atoms. The predicted octanol–water partition coefficient (Wildman–Crippen LogP) is 3.65. The predicted molar refractivity (Wildman–Crippen MR) is 67.1 cm³/mol. The lowest BCUT2D eigenvalue weighted by atomic mass is 9.87. The van der Waals surface area contributed by atoms with E-state index in [4.69, 9.17) is 5.11 Å². The van der Waals surface area contributed by atoms with E-state index in [1.54, 1.807) is 11.3 Å². The van der Waals surface area contributed by atoms with Crippen molar-refractivity contribution in [1.82, 2.24) is 0 Å². The van der Waals surface area contributed by atoms with Crippen molar-refractivity contribution in [3.8, 4) is 0 Å². The first-order chi connectivity index (χ1) is 7.49. The molecule has 0 bridgehead atoms. The van der Waals surface area contributed by atoms with Crippen molar-refractivity contribution in [3.63, 3.8) is 0 Å². The zero-order chi connectivity index (χ0) is 11.8. The normalized spacial score (nSPS) is 11.9. The van der Waals surface area contributed by atoms with Crippen LogP contribution in [0.15, 0.2) is 30.3 Å². The molecule has 1 aromatic carbocycles. The summed E-state index contributed by atoms with van der Waals surface area (Å²) in [7, 11) is 0. The van der Waals surface area contributed by atoms with Gasteiger partial charge in [0.25, 0.3) is 0 Å². The lowest BCUT2D eigenvalue weighted by molar-refractivity contribution is -0.138. The van der Waals surface area contributed by atoms with E-state index in [1.165, 1.54) is 10.1 Å². The first-order valence-electron chi connectivity index (χ1n) is 5.20. The Labute approximate surface area is 98.5 Å². The molecule has 0 amide bonds. The number of rotatable bonds is 3. The van der Waals surface area contributed by atoms with Crippen LogP contribution in [-0.4, -0.2) is 11.1 Å². The van der Waals surface area contributed by atoms with Gasteiger partial charge < -0.3 is 5.11 Å². The zero-order valence-corrected chi connectivity index (χ0v) is 10.2. The summed E-state index contributed by atoms with van der Waals surface area (Å²) in [6, 6.07) is 10.2. The molecule has 2 aromatic rings. The number of aliphatic carboxylic acids is 1. The highest BCUT2D eigenvalue weighted by atomic mass is 32.1. The molecule has 0 unspecified atom stereocenters. The Kier molecular flexibility index (Phi) is 2.72. The standard InChI is InChI=1S/C13H14O2S/c1-13(2,8-12(14)15)11-7-9-5-3-4-6-10(9)16-11/h3-7H,8H2,1-2H3,(H,14,15). The maximum absolute atomic E-state index is 10.8. The fourth-order valence-electron chi connectivity index (χ4n) is 1.78. The van der Waals surface area contributed by atoms with Gasteiger partial charge in [-0.1, -0.05) is 32.0 Å². The summed E-state index contributed by atoms with van der Waals surface area (Å²) in [5, 5.41) is 10.1. The van der Waals surface area contributed by atoms with Crippen LogP contribution in [0.25, 0.3) is 10.1 Å². The molecule has 0 saturated carbocycles. The fourth-order valence-corrected chi connectivity index (χ4v) is 2.94. The Balaban J connectivity index is 2.43. The average molecular weight is 234 g/mol. The molecule has 0 atom stereocenters. The van der Waals surface area contributed by atoms with Crippen molar-refractivity contribution in [2.45, 2.75) is 25.7 Å². The van der Waals surface area contributed by atoms with Crippen molar-refractivity contribution in [2.75, 3.05) is 0 Å².